The number of hydrogen-bond donors (Lipinski definition) is 2. The first-order valence-corrected chi connectivity index (χ1v) is 6.74. The predicted molar refractivity (Wildman–Crippen MR) is 75.1 cm³/mol. The second-order valence-electron chi connectivity index (χ2n) is 5.90. The standard InChI is InChI=1S/C15H22N2O2/c1-15(2)11-17(14(18)19)9-8-13(15)16-10-12-6-4-3-5-7-12/h3-7,13,16H,8-11H2,1-2H3,(H,18,19). The van der Waals surface area contributed by atoms with Gasteiger partial charge in [0, 0.05) is 25.7 Å². The zero-order chi connectivity index (χ0) is 13.9. The maximum Gasteiger partial charge on any atom is 0.407 e. The lowest BCUT2D eigenvalue weighted by molar-refractivity contribution is 0.0699. The number of hydrogen-bond acceptors (Lipinski definition) is 2. The van der Waals surface area contributed by atoms with Crippen molar-refractivity contribution in [3.8, 4) is 0 Å². The summed E-state index contributed by atoms with van der Waals surface area (Å²) in [4.78, 5) is 12.5. The van der Waals surface area contributed by atoms with E-state index < -0.39 is 6.09 Å². The fourth-order valence-electron chi connectivity index (χ4n) is 2.74. The quantitative estimate of drug-likeness (QED) is 0.880. The van der Waals surface area contributed by atoms with E-state index in [4.69, 9.17) is 5.11 Å². The number of rotatable bonds is 3. The van der Waals surface area contributed by atoms with Crippen LogP contribution in [-0.4, -0.2) is 35.2 Å². The largest absolute Gasteiger partial charge is 0.465 e. The van der Waals surface area contributed by atoms with Crippen LogP contribution in [0, 0.1) is 5.41 Å². The molecule has 2 N–H and O–H groups in total. The number of nitrogens with one attached hydrogen (secondary N) is 1. The minimum absolute atomic E-state index is 0.0363. The highest BCUT2D eigenvalue weighted by molar-refractivity contribution is 5.65. The molecule has 1 aliphatic rings. The topological polar surface area (TPSA) is 52.6 Å². The zero-order valence-electron chi connectivity index (χ0n) is 11.6. The summed E-state index contributed by atoms with van der Waals surface area (Å²) >= 11 is 0. The molecule has 0 radical (unpaired) electrons. The molecule has 4 nitrogen and oxygen atoms in total. The number of nitrogens with zero attached hydrogens (tertiary/aromatic N) is 1. The zero-order valence-corrected chi connectivity index (χ0v) is 11.6. The molecule has 0 aromatic heterocycles. The lowest BCUT2D eigenvalue weighted by Gasteiger charge is -2.43. The van der Waals surface area contributed by atoms with Crippen molar-refractivity contribution in [3.05, 3.63) is 35.9 Å². The maximum absolute atomic E-state index is 11.0. The van der Waals surface area contributed by atoms with Crippen LogP contribution in [0.5, 0.6) is 0 Å². The Balaban J connectivity index is 1.93. The molecule has 1 aromatic rings. The molecule has 4 heteroatoms. The van der Waals surface area contributed by atoms with E-state index in [9.17, 15) is 4.79 Å². The van der Waals surface area contributed by atoms with Crippen molar-refractivity contribution in [1.82, 2.24) is 10.2 Å². The molecule has 1 saturated heterocycles. The van der Waals surface area contributed by atoms with Crippen molar-refractivity contribution >= 4 is 6.09 Å². The van der Waals surface area contributed by atoms with Gasteiger partial charge in [0.25, 0.3) is 0 Å². The molecule has 2 rings (SSSR count). The van der Waals surface area contributed by atoms with Crippen LogP contribution >= 0.6 is 0 Å². The van der Waals surface area contributed by atoms with E-state index in [-0.39, 0.29) is 5.41 Å². The molecule has 1 unspecified atom stereocenters. The molecular formula is C15H22N2O2. The van der Waals surface area contributed by atoms with Crippen molar-refractivity contribution in [2.24, 2.45) is 5.41 Å². The summed E-state index contributed by atoms with van der Waals surface area (Å²) in [6.45, 7) is 6.30. The number of benzene rings is 1. The van der Waals surface area contributed by atoms with Gasteiger partial charge in [-0.3, -0.25) is 0 Å². The summed E-state index contributed by atoms with van der Waals surface area (Å²) in [6, 6.07) is 10.6. The Morgan fingerprint density at radius 2 is 2.11 bits per heavy atom. The number of carbonyl (C=O) groups is 1. The van der Waals surface area contributed by atoms with E-state index in [1.165, 1.54) is 10.5 Å². The minimum Gasteiger partial charge on any atom is -0.465 e. The van der Waals surface area contributed by atoms with E-state index in [1.54, 1.807) is 0 Å². The molecular weight excluding hydrogens is 240 g/mol. The van der Waals surface area contributed by atoms with Crippen molar-refractivity contribution in [2.75, 3.05) is 13.1 Å². The van der Waals surface area contributed by atoms with Crippen LogP contribution in [0.4, 0.5) is 4.79 Å². The van der Waals surface area contributed by atoms with Gasteiger partial charge in [-0.05, 0) is 17.4 Å². The highest BCUT2D eigenvalue weighted by Gasteiger charge is 2.37. The second kappa shape index (κ2) is 5.61. The Labute approximate surface area is 114 Å². The third-order valence-corrected chi connectivity index (χ3v) is 3.90. The van der Waals surface area contributed by atoms with Crippen LogP contribution < -0.4 is 5.32 Å². The Kier molecular flexibility index (Phi) is 4.10. The van der Waals surface area contributed by atoms with Gasteiger partial charge in [-0.15, -0.1) is 0 Å². The van der Waals surface area contributed by atoms with E-state index in [2.05, 4.69) is 31.3 Å². The molecule has 0 bridgehead atoms. The van der Waals surface area contributed by atoms with Gasteiger partial charge in [0.15, 0.2) is 0 Å². The van der Waals surface area contributed by atoms with Crippen molar-refractivity contribution < 1.29 is 9.90 Å². The third-order valence-electron chi connectivity index (χ3n) is 3.90. The predicted octanol–water partition coefficient (Wildman–Crippen LogP) is 2.55. The molecule has 1 heterocycles. The van der Waals surface area contributed by atoms with E-state index in [0.717, 1.165) is 13.0 Å². The summed E-state index contributed by atoms with van der Waals surface area (Å²) in [7, 11) is 0. The molecule has 1 aliphatic heterocycles. The SMILES string of the molecule is CC1(C)CN(C(=O)O)CCC1NCc1ccccc1. The van der Waals surface area contributed by atoms with Gasteiger partial charge >= 0.3 is 6.09 Å². The highest BCUT2D eigenvalue weighted by Crippen LogP contribution is 2.29. The van der Waals surface area contributed by atoms with Crippen LogP contribution in [0.3, 0.4) is 0 Å². The van der Waals surface area contributed by atoms with Gasteiger partial charge in [0.1, 0.15) is 0 Å². The molecule has 0 aliphatic carbocycles. The molecule has 1 amide bonds. The van der Waals surface area contributed by atoms with Crippen LogP contribution in [0.1, 0.15) is 25.8 Å². The average Bonchev–Trinajstić information content (AvgIpc) is 2.37. The smallest absolute Gasteiger partial charge is 0.407 e. The Bertz CT molecular complexity index is 431. The van der Waals surface area contributed by atoms with Crippen molar-refractivity contribution in [1.29, 1.82) is 0 Å². The number of likely N-dealkylation sites (tertiary alicyclic amines) is 1. The average molecular weight is 262 g/mol. The van der Waals surface area contributed by atoms with Crippen LogP contribution in [0.15, 0.2) is 30.3 Å². The number of amides is 1. The Morgan fingerprint density at radius 1 is 1.42 bits per heavy atom. The van der Waals surface area contributed by atoms with Gasteiger partial charge in [-0.2, -0.15) is 0 Å². The fourth-order valence-corrected chi connectivity index (χ4v) is 2.74. The van der Waals surface area contributed by atoms with Gasteiger partial charge in [-0.25, -0.2) is 4.79 Å². The summed E-state index contributed by atoms with van der Waals surface area (Å²) in [5, 5.41) is 12.6. The van der Waals surface area contributed by atoms with Crippen LogP contribution in [0.2, 0.25) is 0 Å². The normalized spacial score (nSPS) is 22.2. The van der Waals surface area contributed by atoms with Gasteiger partial charge in [-0.1, -0.05) is 44.2 Å². The number of piperidine rings is 1. The molecule has 0 spiro atoms. The minimum atomic E-state index is -0.811. The van der Waals surface area contributed by atoms with Gasteiger partial charge < -0.3 is 15.3 Å². The van der Waals surface area contributed by atoms with E-state index in [1.807, 2.05) is 18.2 Å². The van der Waals surface area contributed by atoms with Crippen molar-refractivity contribution in [3.63, 3.8) is 0 Å². The van der Waals surface area contributed by atoms with E-state index in [0.29, 0.717) is 19.1 Å². The molecule has 1 fully saturated rings. The summed E-state index contributed by atoms with van der Waals surface area (Å²) in [5.74, 6) is 0. The summed E-state index contributed by atoms with van der Waals surface area (Å²) < 4.78 is 0. The van der Waals surface area contributed by atoms with Crippen LogP contribution in [0.25, 0.3) is 0 Å². The first-order valence-electron chi connectivity index (χ1n) is 6.74. The molecule has 1 aromatic carbocycles. The third kappa shape index (κ3) is 3.47. The highest BCUT2D eigenvalue weighted by atomic mass is 16.4. The lowest BCUT2D eigenvalue weighted by Crippen LogP contribution is -2.55. The summed E-state index contributed by atoms with van der Waals surface area (Å²) in [5.41, 5.74) is 1.23. The second-order valence-corrected chi connectivity index (χ2v) is 5.90. The maximum atomic E-state index is 11.0. The first kappa shape index (κ1) is 13.9. The number of carboxylic acid groups (broad SMARTS) is 1. The fraction of sp³-hybridized carbons (Fsp3) is 0.533. The lowest BCUT2D eigenvalue weighted by atomic mass is 9.79. The first-order chi connectivity index (χ1) is 8.99. The monoisotopic (exact) mass is 262 g/mol. The molecule has 0 saturated carbocycles. The molecule has 1 atom stereocenters. The van der Waals surface area contributed by atoms with E-state index >= 15 is 0 Å². The molecule has 19 heavy (non-hydrogen) atoms. The summed E-state index contributed by atoms with van der Waals surface area (Å²) in [6.07, 6.45) is 0.0566. The Hall–Kier alpha value is -1.55. The Morgan fingerprint density at radius 3 is 2.68 bits per heavy atom. The molecule has 104 valence electrons. The van der Waals surface area contributed by atoms with Gasteiger partial charge in [0.2, 0.25) is 0 Å². The van der Waals surface area contributed by atoms with Crippen LogP contribution in [-0.2, 0) is 6.54 Å². The van der Waals surface area contributed by atoms with Gasteiger partial charge in [0.05, 0.1) is 0 Å². The van der Waals surface area contributed by atoms with Crippen molar-refractivity contribution in [2.45, 2.75) is 32.9 Å².